The summed E-state index contributed by atoms with van der Waals surface area (Å²) < 4.78 is 4.81. The number of hydrogen-bond acceptors (Lipinski definition) is 5. The van der Waals surface area contributed by atoms with Crippen molar-refractivity contribution in [1.29, 1.82) is 0 Å². The molecule has 1 amide bonds. The third-order valence-corrected chi connectivity index (χ3v) is 2.10. The summed E-state index contributed by atoms with van der Waals surface area (Å²) in [5.74, 6) is -3.32. The third kappa shape index (κ3) is 3.81. The number of anilines is 1. The van der Waals surface area contributed by atoms with Crippen LogP contribution >= 0.6 is 0 Å². The summed E-state index contributed by atoms with van der Waals surface area (Å²) in [6, 6.07) is 1.35. The van der Waals surface area contributed by atoms with Gasteiger partial charge in [-0.15, -0.1) is 0 Å². The molecule has 1 unspecified atom stereocenters. The van der Waals surface area contributed by atoms with E-state index in [0.717, 1.165) is 0 Å². The molecule has 0 aliphatic carbocycles. The topological polar surface area (TPSA) is 143 Å². The lowest BCUT2D eigenvalue weighted by Gasteiger charge is -2.12. The van der Waals surface area contributed by atoms with E-state index in [4.69, 9.17) is 20.4 Å². The van der Waals surface area contributed by atoms with Crippen LogP contribution in [-0.4, -0.2) is 34.1 Å². The molecule has 5 N–H and O–H groups in total. The van der Waals surface area contributed by atoms with Crippen LogP contribution in [-0.2, 0) is 9.59 Å². The van der Waals surface area contributed by atoms with Gasteiger partial charge in [0.15, 0.2) is 11.6 Å². The molecule has 0 saturated heterocycles. The molecule has 8 heteroatoms. The number of carbonyl (C=O) groups excluding carboxylic acids is 1. The second-order valence-corrected chi connectivity index (χ2v) is 3.50. The highest BCUT2D eigenvalue weighted by molar-refractivity contribution is 5.94. The van der Waals surface area contributed by atoms with Gasteiger partial charge in [-0.05, 0) is 12.5 Å². The molecular weight excluding hydrogens is 244 g/mol. The summed E-state index contributed by atoms with van der Waals surface area (Å²) in [7, 11) is 0. The van der Waals surface area contributed by atoms with Crippen molar-refractivity contribution in [2.24, 2.45) is 0 Å². The van der Waals surface area contributed by atoms with E-state index in [0.29, 0.717) is 0 Å². The summed E-state index contributed by atoms with van der Waals surface area (Å²) in [6.45, 7) is 0. The molecule has 0 bridgehead atoms. The van der Waals surface area contributed by atoms with Crippen molar-refractivity contribution in [3.8, 4) is 0 Å². The molecule has 18 heavy (non-hydrogen) atoms. The first-order chi connectivity index (χ1) is 8.40. The highest BCUT2D eigenvalue weighted by atomic mass is 16.4. The van der Waals surface area contributed by atoms with Gasteiger partial charge in [0, 0.05) is 12.5 Å². The van der Waals surface area contributed by atoms with Crippen LogP contribution in [0.1, 0.15) is 23.4 Å². The summed E-state index contributed by atoms with van der Waals surface area (Å²) in [6.07, 6.45) is -0.579. The van der Waals surface area contributed by atoms with Crippen LogP contribution in [0.4, 0.5) is 5.88 Å². The van der Waals surface area contributed by atoms with Gasteiger partial charge in [-0.1, -0.05) is 0 Å². The maximum absolute atomic E-state index is 11.5. The third-order valence-electron chi connectivity index (χ3n) is 2.10. The van der Waals surface area contributed by atoms with Crippen LogP contribution in [0.2, 0.25) is 0 Å². The van der Waals surface area contributed by atoms with Gasteiger partial charge in [0.05, 0.1) is 0 Å². The first-order valence-electron chi connectivity index (χ1n) is 5.01. The Morgan fingerprint density at radius 1 is 1.33 bits per heavy atom. The van der Waals surface area contributed by atoms with Crippen LogP contribution < -0.4 is 11.1 Å². The minimum Gasteiger partial charge on any atom is -0.481 e. The fourth-order valence-corrected chi connectivity index (χ4v) is 1.23. The Kier molecular flexibility index (Phi) is 4.30. The number of aliphatic carboxylic acids is 2. The maximum atomic E-state index is 11.5. The molecule has 1 atom stereocenters. The summed E-state index contributed by atoms with van der Waals surface area (Å²) in [5.41, 5.74) is 5.26. The van der Waals surface area contributed by atoms with E-state index in [9.17, 15) is 14.4 Å². The Labute approximate surface area is 101 Å². The molecule has 0 aliphatic heterocycles. The second-order valence-electron chi connectivity index (χ2n) is 3.50. The minimum atomic E-state index is -1.32. The van der Waals surface area contributed by atoms with E-state index >= 15 is 0 Å². The van der Waals surface area contributed by atoms with E-state index in [1.807, 2.05) is 0 Å². The van der Waals surface area contributed by atoms with Crippen LogP contribution in [0.3, 0.4) is 0 Å². The number of hydrogen-bond donors (Lipinski definition) is 4. The van der Waals surface area contributed by atoms with Gasteiger partial charge in [0.25, 0.3) is 5.91 Å². The van der Waals surface area contributed by atoms with Crippen molar-refractivity contribution < 1.29 is 29.0 Å². The first kappa shape index (κ1) is 13.6. The summed E-state index contributed by atoms with van der Waals surface area (Å²) >= 11 is 0. The average Bonchev–Trinajstić information content (AvgIpc) is 2.70. The zero-order valence-electron chi connectivity index (χ0n) is 9.25. The highest BCUT2D eigenvalue weighted by Crippen LogP contribution is 2.09. The smallest absolute Gasteiger partial charge is 0.326 e. The lowest BCUT2D eigenvalue weighted by atomic mass is 10.1. The standard InChI is InChI=1S/C10H12N2O6/c11-7-3-2-6(18-7)9(15)12-5(10(16)17)1-4-8(13)14/h2-3,5H,1,4,11H2,(H,12,15)(H,13,14)(H,16,17). The van der Waals surface area contributed by atoms with Gasteiger partial charge in [-0.2, -0.15) is 0 Å². The van der Waals surface area contributed by atoms with Crippen LogP contribution in [0.5, 0.6) is 0 Å². The molecule has 1 rings (SSSR count). The molecule has 8 nitrogen and oxygen atoms in total. The zero-order chi connectivity index (χ0) is 13.7. The number of amides is 1. The minimum absolute atomic E-state index is 0.0255. The van der Waals surface area contributed by atoms with Gasteiger partial charge in [-0.3, -0.25) is 9.59 Å². The SMILES string of the molecule is Nc1ccc(C(=O)NC(CCC(=O)O)C(=O)O)o1. The molecule has 1 aromatic heterocycles. The predicted molar refractivity (Wildman–Crippen MR) is 58.9 cm³/mol. The Hall–Kier alpha value is -2.51. The van der Waals surface area contributed by atoms with E-state index in [-0.39, 0.29) is 24.5 Å². The van der Waals surface area contributed by atoms with Gasteiger partial charge in [0.2, 0.25) is 0 Å². The Balaban J connectivity index is 2.63. The number of carbonyl (C=O) groups is 3. The molecule has 0 fully saturated rings. The Morgan fingerprint density at radius 2 is 2.00 bits per heavy atom. The molecule has 0 saturated carbocycles. The first-order valence-corrected chi connectivity index (χ1v) is 5.01. The van der Waals surface area contributed by atoms with Crippen molar-refractivity contribution in [2.45, 2.75) is 18.9 Å². The molecule has 0 aliphatic rings. The van der Waals surface area contributed by atoms with E-state index < -0.39 is 23.9 Å². The molecule has 1 heterocycles. The highest BCUT2D eigenvalue weighted by Gasteiger charge is 2.22. The predicted octanol–water partition coefficient (Wildman–Crippen LogP) is -0.0904. The second kappa shape index (κ2) is 5.71. The maximum Gasteiger partial charge on any atom is 0.326 e. The number of nitrogen functional groups attached to an aromatic ring is 1. The summed E-state index contributed by atoms with van der Waals surface area (Å²) in [5, 5.41) is 19.4. The monoisotopic (exact) mass is 256 g/mol. The zero-order valence-corrected chi connectivity index (χ0v) is 9.25. The normalized spacial score (nSPS) is 11.8. The van der Waals surface area contributed by atoms with Gasteiger partial charge >= 0.3 is 11.9 Å². The number of nitrogens with one attached hydrogen (secondary N) is 1. The largest absolute Gasteiger partial charge is 0.481 e. The molecule has 98 valence electrons. The average molecular weight is 256 g/mol. The van der Waals surface area contributed by atoms with Gasteiger partial charge < -0.3 is 25.7 Å². The van der Waals surface area contributed by atoms with Crippen molar-refractivity contribution in [2.75, 3.05) is 5.73 Å². The van der Waals surface area contributed by atoms with E-state index in [1.54, 1.807) is 0 Å². The number of rotatable bonds is 6. The lowest BCUT2D eigenvalue weighted by Crippen LogP contribution is -2.41. The van der Waals surface area contributed by atoms with Crippen molar-refractivity contribution >= 4 is 23.7 Å². The molecule has 0 spiro atoms. The molecular formula is C10H12N2O6. The van der Waals surface area contributed by atoms with Crippen LogP contribution in [0, 0.1) is 0 Å². The van der Waals surface area contributed by atoms with Crippen molar-refractivity contribution in [3.63, 3.8) is 0 Å². The molecule has 0 aromatic carbocycles. The quantitative estimate of drug-likeness (QED) is 0.556. The Morgan fingerprint density at radius 3 is 2.44 bits per heavy atom. The van der Waals surface area contributed by atoms with E-state index in [2.05, 4.69) is 5.32 Å². The number of carboxylic acid groups (broad SMARTS) is 2. The van der Waals surface area contributed by atoms with Crippen molar-refractivity contribution in [3.05, 3.63) is 17.9 Å². The van der Waals surface area contributed by atoms with Crippen LogP contribution in [0.15, 0.2) is 16.5 Å². The van der Waals surface area contributed by atoms with Crippen LogP contribution in [0.25, 0.3) is 0 Å². The Bertz CT molecular complexity index is 467. The number of furan rings is 1. The fourth-order valence-electron chi connectivity index (χ4n) is 1.23. The van der Waals surface area contributed by atoms with Gasteiger partial charge in [-0.25, -0.2) is 4.79 Å². The van der Waals surface area contributed by atoms with Gasteiger partial charge in [0.1, 0.15) is 6.04 Å². The molecule has 0 radical (unpaired) electrons. The summed E-state index contributed by atoms with van der Waals surface area (Å²) in [4.78, 5) is 32.7. The number of nitrogens with two attached hydrogens (primary N) is 1. The number of carboxylic acids is 2. The lowest BCUT2D eigenvalue weighted by molar-refractivity contribution is -0.140. The fraction of sp³-hybridized carbons (Fsp3) is 0.300. The van der Waals surface area contributed by atoms with E-state index in [1.165, 1.54) is 12.1 Å². The van der Waals surface area contributed by atoms with Crippen molar-refractivity contribution in [1.82, 2.24) is 5.32 Å². The molecule has 1 aromatic rings.